The SMILES string of the molecule is CCOC(=O)C1CCC(NC2CCC(C)(C)C2)CC1. The predicted molar refractivity (Wildman–Crippen MR) is 76.9 cm³/mol. The highest BCUT2D eigenvalue weighted by atomic mass is 16.5. The van der Waals surface area contributed by atoms with Gasteiger partial charge in [0.1, 0.15) is 0 Å². The predicted octanol–water partition coefficient (Wildman–Crippen LogP) is 3.28. The summed E-state index contributed by atoms with van der Waals surface area (Å²) in [5.41, 5.74) is 0.514. The Hall–Kier alpha value is -0.570. The summed E-state index contributed by atoms with van der Waals surface area (Å²) in [6.45, 7) is 7.12. The third-order valence-corrected chi connectivity index (χ3v) is 4.79. The number of carbonyl (C=O) groups excluding carboxylic acids is 1. The Kier molecular flexibility index (Phi) is 4.88. The molecule has 1 N–H and O–H groups in total. The van der Waals surface area contributed by atoms with Crippen molar-refractivity contribution in [3.8, 4) is 0 Å². The molecule has 2 rings (SSSR count). The van der Waals surface area contributed by atoms with Crippen LogP contribution in [0.2, 0.25) is 0 Å². The second kappa shape index (κ2) is 6.25. The Morgan fingerprint density at radius 1 is 1.16 bits per heavy atom. The zero-order chi connectivity index (χ0) is 13.9. The van der Waals surface area contributed by atoms with E-state index in [1.54, 1.807) is 0 Å². The summed E-state index contributed by atoms with van der Waals surface area (Å²) in [5, 5.41) is 3.81. The van der Waals surface area contributed by atoms with E-state index in [1.807, 2.05) is 6.92 Å². The maximum atomic E-state index is 11.7. The molecule has 3 heteroatoms. The van der Waals surface area contributed by atoms with Gasteiger partial charge in [-0.3, -0.25) is 4.79 Å². The van der Waals surface area contributed by atoms with Crippen molar-refractivity contribution in [1.82, 2.24) is 5.32 Å². The zero-order valence-corrected chi connectivity index (χ0v) is 12.7. The van der Waals surface area contributed by atoms with Crippen LogP contribution in [0.3, 0.4) is 0 Å². The Morgan fingerprint density at radius 2 is 1.84 bits per heavy atom. The summed E-state index contributed by atoms with van der Waals surface area (Å²) >= 11 is 0. The van der Waals surface area contributed by atoms with E-state index in [4.69, 9.17) is 4.74 Å². The highest BCUT2D eigenvalue weighted by molar-refractivity contribution is 5.72. The van der Waals surface area contributed by atoms with Crippen molar-refractivity contribution < 1.29 is 9.53 Å². The van der Waals surface area contributed by atoms with Crippen molar-refractivity contribution in [3.63, 3.8) is 0 Å². The van der Waals surface area contributed by atoms with E-state index in [2.05, 4.69) is 19.2 Å². The molecule has 0 aromatic heterocycles. The second-order valence-corrected chi connectivity index (χ2v) is 7.07. The molecule has 19 heavy (non-hydrogen) atoms. The van der Waals surface area contributed by atoms with Gasteiger partial charge in [-0.25, -0.2) is 0 Å². The Balaban J connectivity index is 1.71. The van der Waals surface area contributed by atoms with Crippen LogP contribution in [-0.4, -0.2) is 24.7 Å². The number of nitrogens with one attached hydrogen (secondary N) is 1. The minimum atomic E-state index is 0.0166. The normalized spacial score (nSPS) is 34.2. The smallest absolute Gasteiger partial charge is 0.308 e. The van der Waals surface area contributed by atoms with Gasteiger partial charge < -0.3 is 10.1 Å². The second-order valence-electron chi connectivity index (χ2n) is 7.07. The van der Waals surface area contributed by atoms with Gasteiger partial charge in [-0.15, -0.1) is 0 Å². The van der Waals surface area contributed by atoms with E-state index in [1.165, 1.54) is 19.3 Å². The van der Waals surface area contributed by atoms with Gasteiger partial charge in [0.05, 0.1) is 12.5 Å². The summed E-state index contributed by atoms with van der Waals surface area (Å²) < 4.78 is 5.12. The molecule has 0 aliphatic heterocycles. The van der Waals surface area contributed by atoms with Crippen molar-refractivity contribution >= 4 is 5.97 Å². The molecule has 2 saturated carbocycles. The molecule has 1 unspecified atom stereocenters. The molecule has 2 aliphatic rings. The van der Waals surface area contributed by atoms with Crippen molar-refractivity contribution in [3.05, 3.63) is 0 Å². The van der Waals surface area contributed by atoms with E-state index in [0.717, 1.165) is 25.7 Å². The van der Waals surface area contributed by atoms with E-state index < -0.39 is 0 Å². The molecule has 110 valence electrons. The molecule has 1 atom stereocenters. The molecule has 0 bridgehead atoms. The van der Waals surface area contributed by atoms with Crippen molar-refractivity contribution in [2.24, 2.45) is 11.3 Å². The molecular formula is C16H29NO2. The first-order chi connectivity index (χ1) is 9.00. The topological polar surface area (TPSA) is 38.3 Å². The number of esters is 1. The molecule has 0 spiro atoms. The maximum absolute atomic E-state index is 11.7. The molecule has 0 radical (unpaired) electrons. The first-order valence-electron chi connectivity index (χ1n) is 7.93. The van der Waals surface area contributed by atoms with Crippen LogP contribution in [-0.2, 0) is 9.53 Å². The van der Waals surface area contributed by atoms with Crippen LogP contribution in [0.5, 0.6) is 0 Å². The maximum Gasteiger partial charge on any atom is 0.308 e. The third kappa shape index (κ3) is 4.20. The fourth-order valence-electron chi connectivity index (χ4n) is 3.67. The van der Waals surface area contributed by atoms with Crippen LogP contribution in [0.15, 0.2) is 0 Å². The highest BCUT2D eigenvalue weighted by Crippen LogP contribution is 2.37. The molecule has 2 aliphatic carbocycles. The monoisotopic (exact) mass is 267 g/mol. The van der Waals surface area contributed by atoms with E-state index in [9.17, 15) is 4.79 Å². The fraction of sp³-hybridized carbons (Fsp3) is 0.938. The van der Waals surface area contributed by atoms with Crippen LogP contribution in [0.25, 0.3) is 0 Å². The van der Waals surface area contributed by atoms with E-state index in [-0.39, 0.29) is 11.9 Å². The number of carbonyl (C=O) groups is 1. The summed E-state index contributed by atoms with van der Waals surface area (Å²) in [7, 11) is 0. The lowest BCUT2D eigenvalue weighted by atomic mass is 9.85. The fourth-order valence-corrected chi connectivity index (χ4v) is 3.67. The Labute approximate surface area is 117 Å². The lowest BCUT2D eigenvalue weighted by Crippen LogP contribution is -2.40. The number of rotatable bonds is 4. The summed E-state index contributed by atoms with van der Waals surface area (Å²) in [6.07, 6.45) is 8.18. The zero-order valence-electron chi connectivity index (χ0n) is 12.7. The molecule has 0 heterocycles. The van der Waals surface area contributed by atoms with Crippen LogP contribution in [0.1, 0.15) is 65.7 Å². The highest BCUT2D eigenvalue weighted by Gasteiger charge is 2.33. The van der Waals surface area contributed by atoms with Crippen molar-refractivity contribution in [2.75, 3.05) is 6.61 Å². The first kappa shape index (κ1) is 14.8. The minimum Gasteiger partial charge on any atom is -0.466 e. The molecule has 0 aromatic carbocycles. The van der Waals surface area contributed by atoms with Gasteiger partial charge in [-0.05, 0) is 57.3 Å². The summed E-state index contributed by atoms with van der Waals surface area (Å²) in [4.78, 5) is 11.7. The average Bonchev–Trinajstić information content (AvgIpc) is 2.70. The van der Waals surface area contributed by atoms with Crippen LogP contribution in [0.4, 0.5) is 0 Å². The van der Waals surface area contributed by atoms with Gasteiger partial charge in [0.15, 0.2) is 0 Å². The van der Waals surface area contributed by atoms with Crippen molar-refractivity contribution in [2.45, 2.75) is 77.8 Å². The van der Waals surface area contributed by atoms with Gasteiger partial charge >= 0.3 is 5.97 Å². The number of ether oxygens (including phenoxy) is 1. The molecule has 0 amide bonds. The molecular weight excluding hydrogens is 238 g/mol. The summed E-state index contributed by atoms with van der Waals surface area (Å²) in [6, 6.07) is 1.31. The van der Waals surface area contributed by atoms with E-state index in [0.29, 0.717) is 24.1 Å². The third-order valence-electron chi connectivity index (χ3n) is 4.79. The van der Waals surface area contributed by atoms with E-state index >= 15 is 0 Å². The quantitative estimate of drug-likeness (QED) is 0.794. The van der Waals surface area contributed by atoms with Gasteiger partial charge in [-0.2, -0.15) is 0 Å². The molecule has 2 fully saturated rings. The summed E-state index contributed by atoms with van der Waals surface area (Å²) in [5.74, 6) is 0.168. The van der Waals surface area contributed by atoms with Crippen LogP contribution >= 0.6 is 0 Å². The first-order valence-corrected chi connectivity index (χ1v) is 7.93. The van der Waals surface area contributed by atoms with Crippen LogP contribution in [0, 0.1) is 11.3 Å². The van der Waals surface area contributed by atoms with Gasteiger partial charge in [0.2, 0.25) is 0 Å². The standard InChI is InChI=1S/C16H29NO2/c1-4-19-15(18)12-5-7-13(8-6-12)17-14-9-10-16(2,3)11-14/h12-14,17H,4-11H2,1-3H3. The Bertz CT molecular complexity index is 306. The largest absolute Gasteiger partial charge is 0.466 e. The minimum absolute atomic E-state index is 0.0166. The number of hydrogen-bond acceptors (Lipinski definition) is 3. The molecule has 0 aromatic rings. The number of hydrogen-bond donors (Lipinski definition) is 1. The molecule has 0 saturated heterocycles. The lowest BCUT2D eigenvalue weighted by Gasteiger charge is -2.30. The average molecular weight is 267 g/mol. The molecule has 3 nitrogen and oxygen atoms in total. The van der Waals surface area contributed by atoms with Gasteiger partial charge in [0, 0.05) is 12.1 Å². The Morgan fingerprint density at radius 3 is 2.37 bits per heavy atom. The van der Waals surface area contributed by atoms with Gasteiger partial charge in [0.25, 0.3) is 0 Å². The van der Waals surface area contributed by atoms with Gasteiger partial charge in [-0.1, -0.05) is 13.8 Å². The van der Waals surface area contributed by atoms with Crippen molar-refractivity contribution in [1.29, 1.82) is 0 Å². The lowest BCUT2D eigenvalue weighted by molar-refractivity contribution is -0.149. The van der Waals surface area contributed by atoms with Crippen LogP contribution < -0.4 is 5.32 Å².